The molecule has 0 radical (unpaired) electrons. The molecule has 0 aliphatic heterocycles. The van der Waals surface area contributed by atoms with E-state index in [0.717, 1.165) is 17.3 Å². The highest BCUT2D eigenvalue weighted by atomic mass is 35.5. The normalized spacial score (nSPS) is 20.2. The molecular formula is C13H18ClNOS. The van der Waals surface area contributed by atoms with Crippen molar-refractivity contribution >= 4 is 22.9 Å². The van der Waals surface area contributed by atoms with Gasteiger partial charge in [-0.1, -0.05) is 17.7 Å². The number of fused-ring (bicyclic) bond motifs is 1. The van der Waals surface area contributed by atoms with Crippen LogP contribution in [0.15, 0.2) is 18.7 Å². The van der Waals surface area contributed by atoms with Gasteiger partial charge in [-0.3, -0.25) is 0 Å². The molecule has 1 N–H and O–H groups in total. The van der Waals surface area contributed by atoms with Crippen molar-refractivity contribution in [3.63, 3.8) is 0 Å². The van der Waals surface area contributed by atoms with Crippen molar-refractivity contribution in [2.75, 3.05) is 13.2 Å². The molecule has 4 heteroatoms. The first-order valence-electron chi connectivity index (χ1n) is 5.94. The molecule has 0 aromatic carbocycles. The van der Waals surface area contributed by atoms with Crippen molar-refractivity contribution in [2.24, 2.45) is 0 Å². The zero-order valence-corrected chi connectivity index (χ0v) is 11.6. The lowest BCUT2D eigenvalue weighted by atomic mass is 10.2. The summed E-state index contributed by atoms with van der Waals surface area (Å²) in [5, 5.41) is 3.55. The van der Waals surface area contributed by atoms with Gasteiger partial charge in [0, 0.05) is 17.5 Å². The number of hydrogen-bond acceptors (Lipinski definition) is 3. The molecule has 1 heterocycles. The van der Waals surface area contributed by atoms with Gasteiger partial charge < -0.3 is 10.1 Å². The van der Waals surface area contributed by atoms with Gasteiger partial charge in [-0.2, -0.15) is 0 Å². The smallest absolute Gasteiger partial charge is 0.0934 e. The van der Waals surface area contributed by atoms with Crippen LogP contribution >= 0.6 is 22.9 Å². The van der Waals surface area contributed by atoms with Gasteiger partial charge >= 0.3 is 0 Å². The second kappa shape index (κ2) is 6.01. The number of halogens is 1. The van der Waals surface area contributed by atoms with E-state index in [0.29, 0.717) is 12.6 Å². The second-order valence-corrected chi connectivity index (χ2v) is 6.13. The highest BCUT2D eigenvalue weighted by Gasteiger charge is 2.24. The Hall–Kier alpha value is -0.350. The predicted octanol–water partition coefficient (Wildman–Crippen LogP) is 3.57. The van der Waals surface area contributed by atoms with E-state index >= 15 is 0 Å². The summed E-state index contributed by atoms with van der Waals surface area (Å²) >= 11 is 7.74. The summed E-state index contributed by atoms with van der Waals surface area (Å²) < 4.78 is 6.44. The maximum atomic E-state index is 6.03. The van der Waals surface area contributed by atoms with Crippen LogP contribution in [0.2, 0.25) is 4.34 Å². The maximum Gasteiger partial charge on any atom is 0.0934 e. The topological polar surface area (TPSA) is 21.3 Å². The molecule has 1 aliphatic carbocycles. The zero-order valence-electron chi connectivity index (χ0n) is 10.0. The highest BCUT2D eigenvalue weighted by Crippen LogP contribution is 2.39. The summed E-state index contributed by atoms with van der Waals surface area (Å²) in [6.07, 6.45) is 4.31. The van der Waals surface area contributed by atoms with E-state index < -0.39 is 0 Å². The van der Waals surface area contributed by atoms with Crippen molar-refractivity contribution in [2.45, 2.75) is 31.9 Å². The van der Waals surface area contributed by atoms with Crippen LogP contribution < -0.4 is 5.32 Å². The van der Waals surface area contributed by atoms with Crippen molar-refractivity contribution in [1.82, 2.24) is 5.32 Å². The van der Waals surface area contributed by atoms with Crippen molar-refractivity contribution in [3.8, 4) is 0 Å². The lowest BCUT2D eigenvalue weighted by molar-refractivity contribution is 0.0856. The molecule has 0 bridgehead atoms. The molecule has 17 heavy (non-hydrogen) atoms. The van der Waals surface area contributed by atoms with Crippen LogP contribution in [-0.2, 0) is 11.2 Å². The van der Waals surface area contributed by atoms with Crippen LogP contribution in [0.3, 0.4) is 0 Å². The molecule has 0 saturated carbocycles. The van der Waals surface area contributed by atoms with Gasteiger partial charge in [0.1, 0.15) is 0 Å². The fourth-order valence-corrected chi connectivity index (χ4v) is 3.50. The van der Waals surface area contributed by atoms with Gasteiger partial charge in [-0.25, -0.2) is 0 Å². The first-order chi connectivity index (χ1) is 8.20. The van der Waals surface area contributed by atoms with E-state index in [1.54, 1.807) is 17.4 Å². The minimum atomic E-state index is 0.214. The summed E-state index contributed by atoms with van der Waals surface area (Å²) in [5.41, 5.74) is 1.39. The van der Waals surface area contributed by atoms with Crippen LogP contribution in [0.25, 0.3) is 0 Å². The largest absolute Gasteiger partial charge is 0.373 e. The minimum Gasteiger partial charge on any atom is -0.373 e. The molecule has 2 rings (SSSR count). The quantitative estimate of drug-likeness (QED) is 0.799. The van der Waals surface area contributed by atoms with E-state index in [9.17, 15) is 0 Å². The van der Waals surface area contributed by atoms with Gasteiger partial charge in [0.2, 0.25) is 0 Å². The molecule has 0 spiro atoms. The van der Waals surface area contributed by atoms with Gasteiger partial charge in [0.05, 0.1) is 17.0 Å². The fourth-order valence-electron chi connectivity index (χ4n) is 2.14. The van der Waals surface area contributed by atoms with E-state index in [2.05, 4.69) is 24.9 Å². The number of hydrogen-bond donors (Lipinski definition) is 1. The molecule has 0 saturated heterocycles. The summed E-state index contributed by atoms with van der Waals surface area (Å²) in [6, 6.07) is 2.55. The third-order valence-electron chi connectivity index (χ3n) is 3.00. The Bertz CT molecular complexity index is 391. The van der Waals surface area contributed by atoms with Crippen molar-refractivity contribution in [1.29, 1.82) is 0 Å². The molecule has 1 aromatic heterocycles. The van der Waals surface area contributed by atoms with Gasteiger partial charge in [-0.15, -0.1) is 17.9 Å². The predicted molar refractivity (Wildman–Crippen MR) is 74.0 cm³/mol. The Balaban J connectivity index is 1.82. The Morgan fingerprint density at radius 1 is 1.76 bits per heavy atom. The monoisotopic (exact) mass is 271 g/mol. The lowest BCUT2D eigenvalue weighted by Gasteiger charge is -2.17. The molecule has 94 valence electrons. The number of aryl methyl sites for hydroxylation is 1. The Kier molecular flexibility index (Phi) is 4.62. The summed E-state index contributed by atoms with van der Waals surface area (Å²) in [7, 11) is 0. The SMILES string of the molecule is C=CCOC(C)CNC1CCc2sc(Cl)cc21. The van der Waals surface area contributed by atoms with Gasteiger partial charge in [-0.05, 0) is 31.4 Å². The number of nitrogens with one attached hydrogen (secondary N) is 1. The van der Waals surface area contributed by atoms with E-state index in [1.165, 1.54) is 16.9 Å². The highest BCUT2D eigenvalue weighted by molar-refractivity contribution is 7.16. The number of thiophene rings is 1. The molecule has 2 unspecified atom stereocenters. The summed E-state index contributed by atoms with van der Waals surface area (Å²) in [5.74, 6) is 0. The Morgan fingerprint density at radius 3 is 3.35 bits per heavy atom. The van der Waals surface area contributed by atoms with Gasteiger partial charge in [0.25, 0.3) is 0 Å². The van der Waals surface area contributed by atoms with E-state index in [1.807, 2.05) is 0 Å². The standard InChI is InChI=1S/C13H18ClNOS/c1-3-6-16-9(2)8-15-11-4-5-12-10(11)7-13(14)17-12/h3,7,9,11,15H,1,4-6,8H2,2H3. The maximum absolute atomic E-state index is 6.03. The van der Waals surface area contributed by atoms with Crippen molar-refractivity contribution < 1.29 is 4.74 Å². The summed E-state index contributed by atoms with van der Waals surface area (Å²) in [6.45, 7) is 7.20. The Morgan fingerprint density at radius 2 is 2.59 bits per heavy atom. The molecule has 2 nitrogen and oxygen atoms in total. The molecule has 0 amide bonds. The van der Waals surface area contributed by atoms with Crippen LogP contribution in [0.4, 0.5) is 0 Å². The Labute approximate surface area is 112 Å². The summed E-state index contributed by atoms with van der Waals surface area (Å²) in [4.78, 5) is 1.44. The first-order valence-corrected chi connectivity index (χ1v) is 7.14. The average Bonchev–Trinajstić information content (AvgIpc) is 2.83. The average molecular weight is 272 g/mol. The molecule has 0 fully saturated rings. The fraction of sp³-hybridized carbons (Fsp3) is 0.538. The third-order valence-corrected chi connectivity index (χ3v) is 4.34. The number of ether oxygens (including phenoxy) is 1. The molecule has 2 atom stereocenters. The second-order valence-electron chi connectivity index (χ2n) is 4.36. The van der Waals surface area contributed by atoms with E-state index in [4.69, 9.17) is 16.3 Å². The van der Waals surface area contributed by atoms with Crippen molar-refractivity contribution in [3.05, 3.63) is 33.5 Å². The molecule has 1 aromatic rings. The first kappa shape index (κ1) is 13.1. The van der Waals surface area contributed by atoms with E-state index in [-0.39, 0.29) is 6.10 Å². The lowest BCUT2D eigenvalue weighted by Crippen LogP contribution is -2.29. The van der Waals surface area contributed by atoms with Crippen LogP contribution in [-0.4, -0.2) is 19.3 Å². The van der Waals surface area contributed by atoms with Crippen LogP contribution in [0.1, 0.15) is 29.8 Å². The van der Waals surface area contributed by atoms with Gasteiger partial charge in [0.15, 0.2) is 0 Å². The molecule has 1 aliphatic rings. The van der Waals surface area contributed by atoms with Crippen LogP contribution in [0, 0.1) is 0 Å². The third kappa shape index (κ3) is 3.32. The van der Waals surface area contributed by atoms with Crippen LogP contribution in [0.5, 0.6) is 0 Å². The minimum absolute atomic E-state index is 0.214. The number of rotatable bonds is 6. The zero-order chi connectivity index (χ0) is 12.3. The molecular weight excluding hydrogens is 254 g/mol.